The van der Waals surface area contributed by atoms with Crippen molar-refractivity contribution in [2.45, 2.75) is 46.1 Å². The molecule has 0 aliphatic rings. The number of hydrogen-bond donors (Lipinski definition) is 1. The van der Waals surface area contributed by atoms with E-state index in [-0.39, 0.29) is 6.10 Å². The van der Waals surface area contributed by atoms with Gasteiger partial charge in [-0.05, 0) is 38.9 Å². The summed E-state index contributed by atoms with van der Waals surface area (Å²) in [4.78, 5) is 4.47. The summed E-state index contributed by atoms with van der Waals surface area (Å²) in [6, 6.07) is 3.98. The van der Waals surface area contributed by atoms with Crippen molar-refractivity contribution in [2.24, 2.45) is 5.73 Å². The van der Waals surface area contributed by atoms with Gasteiger partial charge in [-0.3, -0.25) is 4.98 Å². The number of aryl methyl sites for hydroxylation is 1. The zero-order valence-electron chi connectivity index (χ0n) is 10.5. The maximum Gasteiger partial charge on any atom is 0.141 e. The van der Waals surface area contributed by atoms with Gasteiger partial charge in [0.1, 0.15) is 5.75 Å². The number of ether oxygens (including phenoxy) is 1. The van der Waals surface area contributed by atoms with Gasteiger partial charge < -0.3 is 10.5 Å². The first-order chi connectivity index (χ1) is 7.67. The van der Waals surface area contributed by atoms with Crippen LogP contribution in [0.1, 0.15) is 38.1 Å². The van der Waals surface area contributed by atoms with E-state index < -0.39 is 0 Å². The molecule has 0 fully saturated rings. The Morgan fingerprint density at radius 3 is 2.81 bits per heavy atom. The Kier molecular flexibility index (Phi) is 5.26. The van der Waals surface area contributed by atoms with E-state index in [0.717, 1.165) is 36.4 Å². The fourth-order valence-corrected chi connectivity index (χ4v) is 1.70. The molecule has 0 saturated carbocycles. The first kappa shape index (κ1) is 13.0. The standard InChI is InChI=1S/C13H22N2O/c1-4-5-11(3)16-13-7-6-10(2)15-12(13)8-9-14/h6-7,11H,4-5,8-9,14H2,1-3H3. The molecule has 1 aromatic heterocycles. The van der Waals surface area contributed by atoms with Gasteiger partial charge in [-0.2, -0.15) is 0 Å². The first-order valence-corrected chi connectivity index (χ1v) is 6.00. The van der Waals surface area contributed by atoms with E-state index in [0.29, 0.717) is 6.54 Å². The molecule has 0 aliphatic carbocycles. The minimum Gasteiger partial charge on any atom is -0.489 e. The summed E-state index contributed by atoms with van der Waals surface area (Å²) in [5.41, 5.74) is 7.56. The van der Waals surface area contributed by atoms with Crippen LogP contribution in [0.25, 0.3) is 0 Å². The number of hydrogen-bond acceptors (Lipinski definition) is 3. The van der Waals surface area contributed by atoms with Crippen LogP contribution in [-0.2, 0) is 6.42 Å². The fraction of sp³-hybridized carbons (Fsp3) is 0.615. The van der Waals surface area contributed by atoms with Gasteiger partial charge in [-0.25, -0.2) is 0 Å². The van der Waals surface area contributed by atoms with Gasteiger partial charge in [0.2, 0.25) is 0 Å². The van der Waals surface area contributed by atoms with Crippen LogP contribution in [0.2, 0.25) is 0 Å². The van der Waals surface area contributed by atoms with E-state index in [4.69, 9.17) is 10.5 Å². The molecule has 1 unspecified atom stereocenters. The Hall–Kier alpha value is -1.09. The lowest BCUT2D eigenvalue weighted by atomic mass is 10.2. The molecular weight excluding hydrogens is 200 g/mol. The Morgan fingerprint density at radius 1 is 1.44 bits per heavy atom. The second-order valence-electron chi connectivity index (χ2n) is 4.15. The monoisotopic (exact) mass is 222 g/mol. The highest BCUT2D eigenvalue weighted by atomic mass is 16.5. The Labute approximate surface area is 98.0 Å². The highest BCUT2D eigenvalue weighted by Crippen LogP contribution is 2.19. The van der Waals surface area contributed by atoms with Crippen molar-refractivity contribution in [1.82, 2.24) is 4.98 Å². The highest BCUT2D eigenvalue weighted by molar-refractivity contribution is 5.29. The predicted octanol–water partition coefficient (Wildman–Crippen LogP) is 2.46. The Morgan fingerprint density at radius 2 is 2.19 bits per heavy atom. The number of rotatable bonds is 6. The van der Waals surface area contributed by atoms with E-state index in [1.165, 1.54) is 0 Å². The minimum atomic E-state index is 0.242. The molecule has 1 atom stereocenters. The van der Waals surface area contributed by atoms with E-state index in [1.54, 1.807) is 0 Å². The number of nitrogens with two attached hydrogens (primary N) is 1. The zero-order chi connectivity index (χ0) is 12.0. The highest BCUT2D eigenvalue weighted by Gasteiger charge is 2.08. The van der Waals surface area contributed by atoms with Crippen LogP contribution in [0.15, 0.2) is 12.1 Å². The molecule has 3 nitrogen and oxygen atoms in total. The van der Waals surface area contributed by atoms with Gasteiger partial charge in [0, 0.05) is 12.1 Å². The first-order valence-electron chi connectivity index (χ1n) is 6.00. The lowest BCUT2D eigenvalue weighted by molar-refractivity contribution is 0.207. The second-order valence-corrected chi connectivity index (χ2v) is 4.15. The van der Waals surface area contributed by atoms with E-state index in [2.05, 4.69) is 18.8 Å². The van der Waals surface area contributed by atoms with E-state index in [1.807, 2.05) is 19.1 Å². The number of pyridine rings is 1. The average Bonchev–Trinajstić information content (AvgIpc) is 2.23. The van der Waals surface area contributed by atoms with Gasteiger partial charge in [0.05, 0.1) is 11.8 Å². The van der Waals surface area contributed by atoms with Crippen molar-refractivity contribution >= 4 is 0 Å². The normalized spacial score (nSPS) is 12.5. The molecular formula is C13H22N2O. The molecule has 0 bridgehead atoms. The molecule has 1 heterocycles. The van der Waals surface area contributed by atoms with Crippen molar-refractivity contribution in [3.8, 4) is 5.75 Å². The molecule has 0 amide bonds. The quantitative estimate of drug-likeness (QED) is 0.804. The summed E-state index contributed by atoms with van der Waals surface area (Å²) in [6.07, 6.45) is 3.21. The molecule has 0 aliphatic heterocycles. The Balaban J connectivity index is 2.77. The van der Waals surface area contributed by atoms with Gasteiger partial charge in [-0.1, -0.05) is 13.3 Å². The molecule has 0 spiro atoms. The summed E-state index contributed by atoms with van der Waals surface area (Å²) in [5.74, 6) is 0.886. The lowest BCUT2D eigenvalue weighted by Gasteiger charge is -2.16. The van der Waals surface area contributed by atoms with Crippen LogP contribution >= 0.6 is 0 Å². The van der Waals surface area contributed by atoms with Crippen molar-refractivity contribution in [3.05, 3.63) is 23.5 Å². The van der Waals surface area contributed by atoms with Crippen molar-refractivity contribution < 1.29 is 4.74 Å². The minimum absolute atomic E-state index is 0.242. The third kappa shape index (κ3) is 3.81. The maximum absolute atomic E-state index is 5.88. The van der Waals surface area contributed by atoms with E-state index in [9.17, 15) is 0 Å². The molecule has 0 aromatic carbocycles. The third-order valence-electron chi connectivity index (χ3n) is 2.48. The summed E-state index contributed by atoms with van der Waals surface area (Å²) in [5, 5.41) is 0. The molecule has 1 rings (SSSR count). The Bertz CT molecular complexity index is 326. The predicted molar refractivity (Wildman–Crippen MR) is 66.7 cm³/mol. The zero-order valence-corrected chi connectivity index (χ0v) is 10.5. The van der Waals surface area contributed by atoms with Crippen LogP contribution in [0, 0.1) is 6.92 Å². The van der Waals surface area contributed by atoms with Gasteiger partial charge >= 0.3 is 0 Å². The summed E-state index contributed by atoms with van der Waals surface area (Å²) >= 11 is 0. The largest absolute Gasteiger partial charge is 0.489 e. The second kappa shape index (κ2) is 6.48. The summed E-state index contributed by atoms with van der Waals surface area (Å²) in [7, 11) is 0. The maximum atomic E-state index is 5.88. The summed E-state index contributed by atoms with van der Waals surface area (Å²) < 4.78 is 5.88. The molecule has 3 heteroatoms. The van der Waals surface area contributed by atoms with Gasteiger partial charge in [0.15, 0.2) is 0 Å². The molecule has 90 valence electrons. The van der Waals surface area contributed by atoms with Crippen molar-refractivity contribution in [3.63, 3.8) is 0 Å². The van der Waals surface area contributed by atoms with Crippen LogP contribution in [0.3, 0.4) is 0 Å². The smallest absolute Gasteiger partial charge is 0.141 e. The van der Waals surface area contributed by atoms with Gasteiger partial charge in [-0.15, -0.1) is 0 Å². The lowest BCUT2D eigenvalue weighted by Crippen LogP contribution is -2.14. The molecule has 2 N–H and O–H groups in total. The van der Waals surface area contributed by atoms with Crippen molar-refractivity contribution in [2.75, 3.05) is 6.54 Å². The third-order valence-corrected chi connectivity index (χ3v) is 2.48. The molecule has 0 saturated heterocycles. The number of aromatic nitrogens is 1. The average molecular weight is 222 g/mol. The number of nitrogens with zero attached hydrogens (tertiary/aromatic N) is 1. The van der Waals surface area contributed by atoms with Gasteiger partial charge in [0.25, 0.3) is 0 Å². The topological polar surface area (TPSA) is 48.1 Å². The van der Waals surface area contributed by atoms with Crippen LogP contribution in [0.5, 0.6) is 5.75 Å². The summed E-state index contributed by atoms with van der Waals surface area (Å²) in [6.45, 7) is 6.85. The SMILES string of the molecule is CCCC(C)Oc1ccc(C)nc1CCN. The van der Waals surface area contributed by atoms with Crippen LogP contribution in [0.4, 0.5) is 0 Å². The molecule has 0 radical (unpaired) electrons. The van der Waals surface area contributed by atoms with Crippen molar-refractivity contribution in [1.29, 1.82) is 0 Å². The fourth-order valence-electron chi connectivity index (χ4n) is 1.70. The molecule has 16 heavy (non-hydrogen) atoms. The van der Waals surface area contributed by atoms with Crippen LogP contribution < -0.4 is 10.5 Å². The molecule has 1 aromatic rings. The van der Waals surface area contributed by atoms with Crippen LogP contribution in [-0.4, -0.2) is 17.6 Å². The van der Waals surface area contributed by atoms with E-state index >= 15 is 0 Å².